The molecule has 0 radical (unpaired) electrons. The number of cyclic esters (lactones) is 3. The van der Waals surface area contributed by atoms with Crippen molar-refractivity contribution in [2.45, 2.75) is 168 Å². The fraction of sp³-hybridized carbons (Fsp3) is 0.552. The number of rotatable bonds is 21. The SMILES string of the molecule is [2H]C([2H])([2H])Oc1cc([C@]2([2H])c3cc4c(cc3[C@@H](O[C@@H]3O[C@@H]5CO[C@@H](C)O[C@H]5[C@H](O)[C@H]3O)[C@@H]3[C@@H]2C(=O)OC3([2H])[2H])OCO4)cc(OC([2H])([2H])[2H])c1OP(=O)(O)O.[2H][C@@]1(c2cc(OC)c(OP(=O)(O)O)c(OC)c2)c2cc3c(cc2[C@@H](O[C@@H]2O[C@@H]4CO[C@@H](C)O[C@H]4[C@H](O)[C@H]2O)[C@H]2COC(=O)[C@@]21[2H])OCO3.[2H][C@]12C(=O)OC[C@@H]1[C@H](O[C@@H]1O[C@@H]3CO[C@@H](C)O[C@H]3[C@H](O)[C@H]1O)c1cc3c(cc1[C@H]2c1cc(OC)c(OP(=O)(O)O)c(OC)c1)OCO3. The van der Waals surface area contributed by atoms with Gasteiger partial charge in [0.05, 0.1) is 129 Å². The predicted octanol–water partition coefficient (Wildman–Crippen LogP) is 3.31. The Kier molecular flexibility index (Phi) is 23.1. The Hall–Kier alpha value is -9.54. The van der Waals surface area contributed by atoms with Gasteiger partial charge in [0.15, 0.2) is 107 Å². The molecule has 0 spiro atoms. The largest absolute Gasteiger partial charge is 0.525 e. The van der Waals surface area contributed by atoms with Crippen LogP contribution in [0, 0.1) is 35.5 Å². The van der Waals surface area contributed by atoms with Crippen molar-refractivity contribution in [3.8, 4) is 86.2 Å². The number of methoxy groups -OCH3 is 6. The molecule has 3 aliphatic carbocycles. The van der Waals surface area contributed by atoms with Gasteiger partial charge in [0, 0.05) is 40.9 Å². The molecular formula is C87H99O48P3. The summed E-state index contributed by atoms with van der Waals surface area (Å²) >= 11 is 0. The van der Waals surface area contributed by atoms with Crippen molar-refractivity contribution >= 4 is 41.4 Å². The smallest absolute Gasteiger partial charge is 0.493 e. The first-order chi connectivity index (χ1) is 70.4. The van der Waals surface area contributed by atoms with E-state index in [0.29, 0.717) is 22.6 Å². The van der Waals surface area contributed by atoms with Crippen LogP contribution in [0.3, 0.4) is 0 Å². The number of phosphoric ester groups is 3. The van der Waals surface area contributed by atoms with E-state index in [9.17, 15) is 93.6 Å². The second-order valence-electron chi connectivity index (χ2n) is 33.4. The van der Waals surface area contributed by atoms with E-state index in [1.807, 2.05) is 0 Å². The fourth-order valence-electron chi connectivity index (χ4n) is 19.4. The number of aliphatic hydroxyl groups excluding tert-OH is 6. The number of esters is 3. The first-order valence-electron chi connectivity index (χ1n) is 48.5. The molecule has 6 aromatic rings. The molecule has 750 valence electrons. The molecule has 51 heteroatoms. The van der Waals surface area contributed by atoms with Gasteiger partial charge in [-0.25, -0.2) is 13.7 Å². The summed E-state index contributed by atoms with van der Waals surface area (Å²) in [6.45, 7) is 0.743. The maximum absolute atomic E-state index is 13.9. The van der Waals surface area contributed by atoms with Gasteiger partial charge in [-0.3, -0.25) is 43.7 Å². The zero-order valence-corrected chi connectivity index (χ0v) is 75.7. The number of phosphoric acid groups is 3. The summed E-state index contributed by atoms with van der Waals surface area (Å²) in [5.74, 6) is -23.6. The van der Waals surface area contributed by atoms with E-state index >= 15 is 0 Å². The van der Waals surface area contributed by atoms with Crippen molar-refractivity contribution in [1.29, 1.82) is 0 Å². The number of ether oxygens (including phenoxy) is 27. The lowest BCUT2D eigenvalue weighted by atomic mass is 9.66. The second-order valence-corrected chi connectivity index (χ2v) is 36.9. The van der Waals surface area contributed by atoms with Crippen molar-refractivity contribution < 1.29 is 246 Å². The Morgan fingerprint density at radius 3 is 1.03 bits per heavy atom. The molecule has 9 fully saturated rings. The van der Waals surface area contributed by atoms with E-state index in [1.165, 1.54) is 77.0 Å². The highest BCUT2D eigenvalue weighted by Crippen LogP contribution is 2.64. The number of carbonyl (C=O) groups excluding carboxylic acids is 3. The van der Waals surface area contributed by atoms with Crippen LogP contribution >= 0.6 is 23.5 Å². The van der Waals surface area contributed by atoms with Gasteiger partial charge < -0.3 is 172 Å². The minimum absolute atomic E-state index is 0.0131. The van der Waals surface area contributed by atoms with Crippen molar-refractivity contribution in [3.05, 3.63) is 123 Å². The first kappa shape index (κ1) is 83.1. The molecule has 15 aliphatic rings. The van der Waals surface area contributed by atoms with Crippen LogP contribution in [-0.2, 0) is 99.1 Å². The third-order valence-corrected chi connectivity index (χ3v) is 26.6. The predicted molar refractivity (Wildman–Crippen MR) is 448 cm³/mol. The zero-order chi connectivity index (χ0) is 108. The molecular weight excluding hydrogens is 1910 g/mol. The van der Waals surface area contributed by atoms with Gasteiger partial charge in [0.2, 0.25) is 37.6 Å². The summed E-state index contributed by atoms with van der Waals surface area (Å²) in [6.07, 6.45) is -25.5. The van der Waals surface area contributed by atoms with Crippen LogP contribution in [0.2, 0.25) is 0 Å². The van der Waals surface area contributed by atoms with Crippen LogP contribution in [0.1, 0.15) is 123 Å². The highest BCUT2D eigenvalue weighted by atomic mass is 31.2. The van der Waals surface area contributed by atoms with Gasteiger partial charge in [0.25, 0.3) is 0 Å². The van der Waals surface area contributed by atoms with E-state index in [0.717, 1.165) is 12.1 Å². The topological polar surface area (TPSA) is 622 Å². The van der Waals surface area contributed by atoms with Crippen LogP contribution in [0.25, 0.3) is 0 Å². The Morgan fingerprint density at radius 1 is 0.355 bits per heavy atom. The molecule has 30 atom stereocenters. The van der Waals surface area contributed by atoms with Gasteiger partial charge in [-0.05, 0) is 144 Å². The molecule has 0 aromatic heterocycles. The number of fused-ring (bicyclic) bond motifs is 12. The molecule has 12 N–H and O–H groups in total. The minimum Gasteiger partial charge on any atom is -0.493 e. The Labute approximate surface area is 799 Å². The number of benzene rings is 6. The minimum atomic E-state index is -5.60. The van der Waals surface area contributed by atoms with E-state index in [1.54, 1.807) is 32.9 Å². The average molecular weight is 2020 g/mol. The maximum atomic E-state index is 13.9. The average Bonchev–Trinajstić information content (AvgIpc) is 1.42. The maximum Gasteiger partial charge on any atom is 0.525 e. The summed E-state index contributed by atoms with van der Waals surface area (Å²) in [6, 6.07) is 15.5. The molecule has 9 saturated heterocycles. The van der Waals surface area contributed by atoms with Gasteiger partial charge in [-0.15, -0.1) is 0 Å². The van der Waals surface area contributed by atoms with Gasteiger partial charge in [-0.1, -0.05) is 0 Å². The van der Waals surface area contributed by atoms with Crippen LogP contribution in [0.15, 0.2) is 72.8 Å². The van der Waals surface area contributed by atoms with Crippen LogP contribution < -0.4 is 70.4 Å². The van der Waals surface area contributed by atoms with E-state index < -0.39 is 273 Å². The summed E-state index contributed by atoms with van der Waals surface area (Å²) in [5, 5.41) is 66.3. The number of hydrogen-bond acceptors (Lipinski definition) is 42. The molecule has 48 nitrogen and oxygen atoms in total. The Balaban J connectivity index is 0.000000142. The highest BCUT2D eigenvalue weighted by Gasteiger charge is 2.62. The summed E-state index contributed by atoms with van der Waals surface area (Å²) in [4.78, 5) is 98.6. The van der Waals surface area contributed by atoms with Gasteiger partial charge >= 0.3 is 41.4 Å². The van der Waals surface area contributed by atoms with Crippen molar-refractivity contribution in [2.75, 3.05) is 102 Å². The molecule has 138 heavy (non-hydrogen) atoms. The normalized spacial score (nSPS) is 38.6. The van der Waals surface area contributed by atoms with Crippen molar-refractivity contribution in [2.24, 2.45) is 35.5 Å². The lowest BCUT2D eigenvalue weighted by molar-refractivity contribution is -0.364. The fourth-order valence-corrected chi connectivity index (χ4v) is 20.6. The summed E-state index contributed by atoms with van der Waals surface area (Å²) in [7, 11) is -17.7. The molecule has 12 heterocycles. The van der Waals surface area contributed by atoms with E-state index in [-0.39, 0.29) is 139 Å². The summed E-state index contributed by atoms with van der Waals surface area (Å²) in [5.41, 5.74) is 0.508. The summed E-state index contributed by atoms with van der Waals surface area (Å²) < 4.78 is 305. The monoisotopic (exact) mass is 2020 g/mol. The van der Waals surface area contributed by atoms with Gasteiger partial charge in [0.1, 0.15) is 73.2 Å². The third kappa shape index (κ3) is 18.3. The number of aliphatic hydroxyl groups is 6. The van der Waals surface area contributed by atoms with Crippen molar-refractivity contribution in [3.63, 3.8) is 0 Å². The van der Waals surface area contributed by atoms with Crippen molar-refractivity contribution in [1.82, 2.24) is 0 Å². The number of hydrogen-bond donors (Lipinski definition) is 12. The molecule has 12 aliphatic heterocycles. The second kappa shape index (κ2) is 38.4. The van der Waals surface area contributed by atoms with Crippen LogP contribution in [0.5, 0.6) is 86.2 Å². The van der Waals surface area contributed by atoms with Gasteiger partial charge in [-0.2, -0.15) is 0 Å². The molecule has 0 bridgehead atoms. The standard InChI is InChI=1S/3C29H33O16P/c3*1-11-38-9-20-27(42-11)23(30)24(31)29(43-20)44-25-14-7-17-16(40-10-41-17)6-13(14)21(22-15(25)8-39-28(22)32)12-4-18(36-2)26(19(5-12)37-3)45-46(33,34)35/h3*4-7,11,15,20-25,27,29-31H,8-10H2,1-3H3,(H2,33,34,35)/t3*11-,15+,20-,21-,22+,23-,24-,25-,27-,29+/m111/s1/i2D3,3D3,8D2,21D;21D,22D;22D. The molecule has 0 saturated carbocycles. The first-order valence-corrected chi connectivity index (χ1v) is 47.1. The molecule has 0 amide bonds. The highest BCUT2D eigenvalue weighted by molar-refractivity contribution is 7.47. The van der Waals surface area contributed by atoms with E-state index in [2.05, 4.69) is 4.52 Å². The lowest BCUT2D eigenvalue weighted by Crippen LogP contribution is -2.63. The lowest BCUT2D eigenvalue weighted by Gasteiger charge is -2.47. The quantitative estimate of drug-likeness (QED) is 0.0279. The number of carbonyl (C=O) groups is 3. The van der Waals surface area contributed by atoms with E-state index in [4.69, 9.17) is 148 Å². The zero-order valence-electron chi connectivity index (χ0n) is 85.0. The third-order valence-electron chi connectivity index (χ3n) is 25.4. The molecule has 21 rings (SSSR count). The Bertz CT molecular complexity index is 6290. The molecule has 6 aromatic carbocycles. The molecule has 0 unspecified atom stereocenters. The van der Waals surface area contributed by atoms with Crippen LogP contribution in [0.4, 0.5) is 0 Å². The van der Waals surface area contributed by atoms with Crippen LogP contribution in [-0.4, -0.2) is 291 Å². The Morgan fingerprint density at radius 2 is 0.667 bits per heavy atom.